The lowest BCUT2D eigenvalue weighted by Crippen LogP contribution is -2.44. The second kappa shape index (κ2) is 6.04. The lowest BCUT2D eigenvalue weighted by molar-refractivity contribution is -0.120. The summed E-state index contributed by atoms with van der Waals surface area (Å²) >= 11 is 0. The quantitative estimate of drug-likeness (QED) is 0.551. The Morgan fingerprint density at radius 1 is 1.17 bits per heavy atom. The number of carbonyl (C=O) groups is 1. The minimum absolute atomic E-state index is 0.0295. The summed E-state index contributed by atoms with van der Waals surface area (Å²) in [6, 6.07) is 0. The summed E-state index contributed by atoms with van der Waals surface area (Å²) < 4.78 is 11.5. The van der Waals surface area contributed by atoms with Gasteiger partial charge in [0, 0.05) is 6.54 Å². The second-order valence-corrected chi connectivity index (χ2v) is 5.67. The summed E-state index contributed by atoms with van der Waals surface area (Å²) in [5, 5.41) is 5.80. The minimum atomic E-state index is -0.521. The van der Waals surface area contributed by atoms with Crippen LogP contribution >= 0.6 is 0 Å². The van der Waals surface area contributed by atoms with Crippen LogP contribution in [0, 0.1) is 0 Å². The molecule has 0 aliphatic carbocycles. The first kappa shape index (κ1) is 15.5. The Morgan fingerprint density at radius 3 is 2.22 bits per heavy atom. The summed E-state index contributed by atoms with van der Waals surface area (Å²) in [4.78, 5) is 11.5. The van der Waals surface area contributed by atoms with Crippen LogP contribution in [0.25, 0.3) is 0 Å². The molecule has 18 heavy (non-hydrogen) atoms. The molecular weight excluding hydrogens is 231 g/mol. The van der Waals surface area contributed by atoms with Crippen molar-refractivity contribution >= 4 is 13.2 Å². The van der Waals surface area contributed by atoms with Gasteiger partial charge in [0.05, 0.1) is 17.7 Å². The lowest BCUT2D eigenvalue weighted by Gasteiger charge is -2.32. The SMILES string of the molecule is CCCCNC(=O)CNB1OC(C)(C)C(C)(C)O1. The summed E-state index contributed by atoms with van der Waals surface area (Å²) in [6.45, 7) is 11.0. The van der Waals surface area contributed by atoms with E-state index < -0.39 is 7.25 Å². The van der Waals surface area contributed by atoms with E-state index >= 15 is 0 Å². The first-order chi connectivity index (χ1) is 8.28. The van der Waals surface area contributed by atoms with Gasteiger partial charge < -0.3 is 14.6 Å². The molecule has 2 N–H and O–H groups in total. The highest BCUT2D eigenvalue weighted by Crippen LogP contribution is 2.35. The van der Waals surface area contributed by atoms with E-state index in [0.717, 1.165) is 19.4 Å². The van der Waals surface area contributed by atoms with E-state index in [-0.39, 0.29) is 23.7 Å². The first-order valence-electron chi connectivity index (χ1n) is 6.64. The van der Waals surface area contributed by atoms with Gasteiger partial charge in [0.25, 0.3) is 0 Å². The van der Waals surface area contributed by atoms with Gasteiger partial charge in [-0.15, -0.1) is 0 Å². The molecule has 0 aromatic carbocycles. The highest BCUT2D eigenvalue weighted by Gasteiger charge is 2.51. The number of carbonyl (C=O) groups excluding carboxylic acids is 1. The van der Waals surface area contributed by atoms with Crippen molar-refractivity contribution in [1.82, 2.24) is 10.5 Å². The van der Waals surface area contributed by atoms with E-state index in [9.17, 15) is 4.79 Å². The maximum Gasteiger partial charge on any atom is 0.556 e. The molecule has 0 aromatic rings. The normalized spacial score (nSPS) is 21.1. The molecule has 6 heteroatoms. The van der Waals surface area contributed by atoms with Crippen molar-refractivity contribution in [3.63, 3.8) is 0 Å². The zero-order valence-corrected chi connectivity index (χ0v) is 12.1. The predicted octanol–water partition coefficient (Wildman–Crippen LogP) is 1.08. The van der Waals surface area contributed by atoms with Crippen LogP contribution in [-0.4, -0.2) is 37.5 Å². The molecule has 0 bridgehead atoms. The number of unbranched alkanes of at least 4 members (excludes halogenated alkanes) is 1. The molecule has 0 unspecified atom stereocenters. The zero-order valence-electron chi connectivity index (χ0n) is 12.1. The van der Waals surface area contributed by atoms with Crippen molar-refractivity contribution in [3.8, 4) is 0 Å². The third kappa shape index (κ3) is 3.97. The summed E-state index contributed by atoms with van der Waals surface area (Å²) in [5.41, 5.74) is -0.743. The summed E-state index contributed by atoms with van der Waals surface area (Å²) in [5.74, 6) is -0.0295. The molecule has 104 valence electrons. The van der Waals surface area contributed by atoms with Gasteiger partial charge in [-0.25, -0.2) is 0 Å². The Kier molecular flexibility index (Phi) is 5.19. The maximum absolute atomic E-state index is 11.5. The molecule has 0 aromatic heterocycles. The Balaban J connectivity index is 2.27. The Morgan fingerprint density at radius 2 is 1.72 bits per heavy atom. The maximum atomic E-state index is 11.5. The molecule has 1 amide bonds. The molecule has 5 nitrogen and oxygen atoms in total. The molecule has 1 heterocycles. The van der Waals surface area contributed by atoms with E-state index in [4.69, 9.17) is 9.31 Å². The molecule has 1 rings (SSSR count). The van der Waals surface area contributed by atoms with Gasteiger partial charge in [0.2, 0.25) is 5.91 Å². The fourth-order valence-electron chi connectivity index (χ4n) is 1.57. The summed E-state index contributed by atoms with van der Waals surface area (Å²) in [7, 11) is -0.521. The standard InChI is InChI=1S/C12H25BN2O3/c1-6-7-8-14-10(16)9-15-13-17-11(2,3)12(4,5)18-13/h15H,6-9H2,1-5H3,(H,14,16). The van der Waals surface area contributed by atoms with Crippen LogP contribution in [0.15, 0.2) is 0 Å². The highest BCUT2D eigenvalue weighted by atomic mass is 16.7. The third-order valence-corrected chi connectivity index (χ3v) is 3.54. The van der Waals surface area contributed by atoms with E-state index in [2.05, 4.69) is 17.5 Å². The average molecular weight is 256 g/mol. The average Bonchev–Trinajstić information content (AvgIpc) is 2.45. The molecule has 1 saturated heterocycles. The Hall–Kier alpha value is -0.585. The molecule has 1 aliphatic rings. The Labute approximate surface area is 110 Å². The zero-order chi connectivity index (χ0) is 13.8. The van der Waals surface area contributed by atoms with Crippen LogP contribution in [-0.2, 0) is 14.1 Å². The smallest absolute Gasteiger partial charge is 0.389 e. The molecule has 1 aliphatic heterocycles. The highest BCUT2D eigenvalue weighted by molar-refractivity contribution is 6.42. The van der Waals surface area contributed by atoms with Crippen LogP contribution in [0.1, 0.15) is 47.5 Å². The summed E-state index contributed by atoms with van der Waals surface area (Å²) in [6.07, 6.45) is 2.08. The van der Waals surface area contributed by atoms with Gasteiger partial charge in [-0.2, -0.15) is 0 Å². The van der Waals surface area contributed by atoms with Crippen LogP contribution < -0.4 is 10.5 Å². The molecule has 0 radical (unpaired) electrons. The van der Waals surface area contributed by atoms with Crippen molar-refractivity contribution in [1.29, 1.82) is 0 Å². The van der Waals surface area contributed by atoms with Crippen molar-refractivity contribution in [2.75, 3.05) is 13.1 Å². The number of rotatable bonds is 6. The number of hydrogen-bond acceptors (Lipinski definition) is 4. The Bertz CT molecular complexity index is 279. The third-order valence-electron chi connectivity index (χ3n) is 3.54. The van der Waals surface area contributed by atoms with Gasteiger partial charge in [-0.1, -0.05) is 13.3 Å². The number of nitrogens with one attached hydrogen (secondary N) is 2. The van der Waals surface area contributed by atoms with Crippen LogP contribution in [0.4, 0.5) is 0 Å². The van der Waals surface area contributed by atoms with Crippen molar-refractivity contribution in [2.24, 2.45) is 0 Å². The monoisotopic (exact) mass is 256 g/mol. The van der Waals surface area contributed by atoms with Crippen LogP contribution in [0.5, 0.6) is 0 Å². The van der Waals surface area contributed by atoms with Crippen molar-refractivity contribution < 1.29 is 14.1 Å². The molecule has 1 fully saturated rings. The van der Waals surface area contributed by atoms with Crippen molar-refractivity contribution in [3.05, 3.63) is 0 Å². The van der Waals surface area contributed by atoms with Gasteiger partial charge in [-0.05, 0) is 34.1 Å². The van der Waals surface area contributed by atoms with Crippen LogP contribution in [0.3, 0.4) is 0 Å². The molecular formula is C12H25BN2O3. The minimum Gasteiger partial charge on any atom is -0.389 e. The van der Waals surface area contributed by atoms with E-state index in [1.807, 2.05) is 27.7 Å². The van der Waals surface area contributed by atoms with E-state index in [1.54, 1.807) is 0 Å². The molecule has 0 atom stereocenters. The topological polar surface area (TPSA) is 59.6 Å². The van der Waals surface area contributed by atoms with Crippen LogP contribution in [0.2, 0.25) is 0 Å². The number of hydrogen-bond donors (Lipinski definition) is 2. The fraction of sp³-hybridized carbons (Fsp3) is 0.917. The largest absolute Gasteiger partial charge is 0.556 e. The van der Waals surface area contributed by atoms with Crippen molar-refractivity contribution in [2.45, 2.75) is 58.7 Å². The lowest BCUT2D eigenvalue weighted by atomic mass is 9.90. The molecule has 0 spiro atoms. The van der Waals surface area contributed by atoms with Gasteiger partial charge in [0.1, 0.15) is 0 Å². The predicted molar refractivity (Wildman–Crippen MR) is 72.0 cm³/mol. The van der Waals surface area contributed by atoms with Gasteiger partial charge >= 0.3 is 7.25 Å². The van der Waals surface area contributed by atoms with E-state index in [0.29, 0.717) is 0 Å². The second-order valence-electron chi connectivity index (χ2n) is 5.67. The first-order valence-corrected chi connectivity index (χ1v) is 6.64. The van der Waals surface area contributed by atoms with Gasteiger partial charge in [-0.3, -0.25) is 10.0 Å². The van der Waals surface area contributed by atoms with E-state index in [1.165, 1.54) is 0 Å². The molecule has 0 saturated carbocycles. The van der Waals surface area contributed by atoms with Gasteiger partial charge in [0.15, 0.2) is 0 Å². The number of amides is 1. The fourth-order valence-corrected chi connectivity index (χ4v) is 1.57.